The molecule has 2 rings (SSSR count). The van der Waals surface area contributed by atoms with Gasteiger partial charge in [-0.15, -0.1) is 0 Å². The van der Waals surface area contributed by atoms with Gasteiger partial charge in [0.15, 0.2) is 0 Å². The summed E-state index contributed by atoms with van der Waals surface area (Å²) in [6.07, 6.45) is 3.25. The second-order valence-corrected chi connectivity index (χ2v) is 7.45. The van der Waals surface area contributed by atoms with E-state index in [2.05, 4.69) is 9.82 Å². The van der Waals surface area contributed by atoms with Crippen LogP contribution in [0.25, 0.3) is 5.69 Å². The van der Waals surface area contributed by atoms with Gasteiger partial charge in [-0.25, -0.2) is 22.2 Å². The van der Waals surface area contributed by atoms with Crippen molar-refractivity contribution in [3.63, 3.8) is 0 Å². The van der Waals surface area contributed by atoms with E-state index in [1.165, 1.54) is 16.8 Å². The number of aryl methyl sites for hydroxylation is 1. The van der Waals surface area contributed by atoms with Crippen molar-refractivity contribution >= 4 is 10.0 Å². The smallest absolute Gasteiger partial charge is 0.241 e. The quantitative estimate of drug-likeness (QED) is 0.867. The van der Waals surface area contributed by atoms with Gasteiger partial charge < -0.3 is 5.73 Å². The van der Waals surface area contributed by atoms with E-state index in [1.54, 1.807) is 26.2 Å². The summed E-state index contributed by atoms with van der Waals surface area (Å²) >= 11 is 0. The topological polar surface area (TPSA) is 90.0 Å². The third-order valence-corrected chi connectivity index (χ3v) is 4.80. The third kappa shape index (κ3) is 3.52. The Morgan fingerprint density at radius 3 is 2.59 bits per heavy atom. The highest BCUT2D eigenvalue weighted by Gasteiger charge is 2.25. The number of rotatable bonds is 5. The molecule has 1 aromatic heterocycles. The molecule has 0 bridgehead atoms. The van der Waals surface area contributed by atoms with Crippen molar-refractivity contribution in [3.05, 3.63) is 42.0 Å². The van der Waals surface area contributed by atoms with Crippen molar-refractivity contribution in [2.75, 3.05) is 6.54 Å². The molecule has 8 heteroatoms. The predicted molar refractivity (Wildman–Crippen MR) is 81.7 cm³/mol. The molecule has 0 saturated heterocycles. The fourth-order valence-corrected chi connectivity index (χ4v) is 3.28. The number of halogens is 1. The molecule has 1 aromatic carbocycles. The van der Waals surface area contributed by atoms with Crippen LogP contribution in [0.4, 0.5) is 4.39 Å². The van der Waals surface area contributed by atoms with E-state index in [4.69, 9.17) is 5.73 Å². The number of hydrogen-bond acceptors (Lipinski definition) is 4. The molecule has 0 unspecified atom stereocenters. The van der Waals surface area contributed by atoms with E-state index >= 15 is 0 Å². The number of nitrogens with two attached hydrogens (primary N) is 1. The van der Waals surface area contributed by atoms with Crippen LogP contribution in [-0.2, 0) is 10.0 Å². The van der Waals surface area contributed by atoms with Crippen LogP contribution in [-0.4, -0.2) is 30.3 Å². The van der Waals surface area contributed by atoms with E-state index in [9.17, 15) is 12.8 Å². The molecule has 0 radical (unpaired) electrons. The van der Waals surface area contributed by atoms with Crippen LogP contribution in [0.2, 0.25) is 0 Å². The van der Waals surface area contributed by atoms with Crippen LogP contribution >= 0.6 is 0 Å². The van der Waals surface area contributed by atoms with Crippen molar-refractivity contribution in [1.29, 1.82) is 0 Å². The van der Waals surface area contributed by atoms with Gasteiger partial charge in [0.25, 0.3) is 0 Å². The minimum absolute atomic E-state index is 0.124. The molecule has 6 nitrogen and oxygen atoms in total. The number of nitrogens with zero attached hydrogens (tertiary/aromatic N) is 2. The number of nitrogens with one attached hydrogen (secondary N) is 1. The molecule has 120 valence electrons. The van der Waals surface area contributed by atoms with Crippen molar-refractivity contribution in [1.82, 2.24) is 14.5 Å². The lowest BCUT2D eigenvalue weighted by atomic mass is 10.1. The molecule has 0 fully saturated rings. The molecular weight excluding hydrogens is 307 g/mol. The largest absolute Gasteiger partial charge is 0.329 e. The monoisotopic (exact) mass is 326 g/mol. The van der Waals surface area contributed by atoms with Crippen LogP contribution in [0.5, 0.6) is 0 Å². The highest BCUT2D eigenvalue weighted by molar-refractivity contribution is 7.89. The maximum absolute atomic E-state index is 14.2. The summed E-state index contributed by atoms with van der Waals surface area (Å²) in [5, 5.41) is 4.01. The van der Waals surface area contributed by atoms with Crippen molar-refractivity contribution in [3.8, 4) is 5.69 Å². The van der Waals surface area contributed by atoms with Crippen LogP contribution in [0, 0.1) is 12.7 Å². The van der Waals surface area contributed by atoms with Gasteiger partial charge in [-0.3, -0.25) is 0 Å². The van der Waals surface area contributed by atoms with E-state index in [-0.39, 0.29) is 17.1 Å². The number of aromatic nitrogens is 2. The molecule has 0 atom stereocenters. The van der Waals surface area contributed by atoms with Crippen LogP contribution in [0.15, 0.2) is 35.5 Å². The second kappa shape index (κ2) is 5.79. The Balaban J connectivity index is 2.37. The zero-order valence-electron chi connectivity index (χ0n) is 12.7. The average Bonchev–Trinajstić information content (AvgIpc) is 2.84. The summed E-state index contributed by atoms with van der Waals surface area (Å²) in [4.78, 5) is -0.154. The molecule has 0 aliphatic carbocycles. The Hall–Kier alpha value is -1.77. The summed E-state index contributed by atoms with van der Waals surface area (Å²) in [6.45, 7) is 5.27. The Labute approximate surface area is 129 Å². The Morgan fingerprint density at radius 2 is 2.09 bits per heavy atom. The van der Waals surface area contributed by atoms with Gasteiger partial charge in [-0.1, -0.05) is 0 Å². The average molecular weight is 326 g/mol. The van der Waals surface area contributed by atoms with Crippen molar-refractivity contribution in [2.45, 2.75) is 31.2 Å². The van der Waals surface area contributed by atoms with Gasteiger partial charge in [0.05, 0.1) is 11.1 Å². The number of benzene rings is 1. The fraction of sp³-hybridized carbons (Fsp3) is 0.357. The van der Waals surface area contributed by atoms with Crippen molar-refractivity contribution in [2.24, 2.45) is 5.73 Å². The zero-order valence-corrected chi connectivity index (χ0v) is 13.5. The van der Waals surface area contributed by atoms with E-state index in [1.807, 2.05) is 6.92 Å². The van der Waals surface area contributed by atoms with Crippen LogP contribution in [0.1, 0.15) is 19.4 Å². The minimum atomic E-state index is -3.85. The lowest BCUT2D eigenvalue weighted by molar-refractivity contribution is 0.462. The summed E-state index contributed by atoms with van der Waals surface area (Å²) in [6, 6.07) is 3.69. The Bertz CT molecular complexity index is 784. The van der Waals surface area contributed by atoms with E-state index in [0.717, 1.165) is 11.6 Å². The molecule has 0 aliphatic rings. The second-order valence-electron chi connectivity index (χ2n) is 5.77. The minimum Gasteiger partial charge on any atom is -0.329 e. The van der Waals surface area contributed by atoms with Crippen LogP contribution < -0.4 is 10.5 Å². The summed E-state index contributed by atoms with van der Waals surface area (Å²) in [7, 11) is -3.85. The first-order chi connectivity index (χ1) is 10.1. The fourth-order valence-electron chi connectivity index (χ4n) is 1.85. The van der Waals surface area contributed by atoms with E-state index < -0.39 is 21.4 Å². The molecule has 0 aliphatic heterocycles. The van der Waals surface area contributed by atoms with Gasteiger partial charge in [-0.2, -0.15) is 5.10 Å². The Kier molecular flexibility index (Phi) is 4.37. The first kappa shape index (κ1) is 16.6. The highest BCUT2D eigenvalue weighted by atomic mass is 32.2. The molecule has 22 heavy (non-hydrogen) atoms. The van der Waals surface area contributed by atoms with Gasteiger partial charge in [0.1, 0.15) is 11.5 Å². The lowest BCUT2D eigenvalue weighted by Gasteiger charge is -2.23. The van der Waals surface area contributed by atoms with Gasteiger partial charge in [0.2, 0.25) is 10.0 Å². The van der Waals surface area contributed by atoms with Crippen molar-refractivity contribution < 1.29 is 12.8 Å². The molecule has 3 N–H and O–H groups in total. The van der Waals surface area contributed by atoms with Crippen LogP contribution in [0.3, 0.4) is 0 Å². The third-order valence-electron chi connectivity index (χ3n) is 3.11. The molecule has 1 heterocycles. The number of hydrogen-bond donors (Lipinski definition) is 2. The molecule has 2 aromatic rings. The SMILES string of the molecule is Cc1cnn(-c2ccc(S(=O)(=O)NC(C)(C)CN)cc2F)c1. The molecule has 0 amide bonds. The summed E-state index contributed by atoms with van der Waals surface area (Å²) in [5.74, 6) is -0.670. The molecule has 0 saturated carbocycles. The lowest BCUT2D eigenvalue weighted by Crippen LogP contribution is -2.48. The maximum atomic E-state index is 14.2. The summed E-state index contributed by atoms with van der Waals surface area (Å²) in [5.41, 5.74) is 5.76. The predicted octanol–water partition coefficient (Wildman–Crippen LogP) is 1.34. The van der Waals surface area contributed by atoms with Gasteiger partial charge in [0, 0.05) is 18.3 Å². The first-order valence-corrected chi connectivity index (χ1v) is 8.18. The van der Waals surface area contributed by atoms with Gasteiger partial charge in [-0.05, 0) is 44.5 Å². The van der Waals surface area contributed by atoms with Gasteiger partial charge >= 0.3 is 0 Å². The summed E-state index contributed by atoms with van der Waals surface area (Å²) < 4.78 is 42.5. The normalized spacial score (nSPS) is 12.6. The molecule has 0 spiro atoms. The standard InChI is InChI=1S/C14H19FN4O2S/c1-10-7-17-19(8-10)13-5-4-11(6-12(13)15)22(20,21)18-14(2,3)9-16/h4-8,18H,9,16H2,1-3H3. The van der Waals surface area contributed by atoms with E-state index in [0.29, 0.717) is 0 Å². The Morgan fingerprint density at radius 1 is 1.41 bits per heavy atom. The zero-order chi connectivity index (χ0) is 16.5. The highest BCUT2D eigenvalue weighted by Crippen LogP contribution is 2.19. The number of sulfonamides is 1. The maximum Gasteiger partial charge on any atom is 0.241 e. The molecular formula is C14H19FN4O2S. The first-order valence-electron chi connectivity index (χ1n) is 6.70.